The highest BCUT2D eigenvalue weighted by Crippen LogP contribution is 2.22. The molecular formula is C23H29N5. The Balaban J connectivity index is 1.30. The van der Waals surface area contributed by atoms with Gasteiger partial charge in [0, 0.05) is 55.5 Å². The molecular weight excluding hydrogens is 346 g/mol. The maximum Gasteiger partial charge on any atom is 0.191 e. The van der Waals surface area contributed by atoms with E-state index < -0.39 is 0 Å². The minimum absolute atomic E-state index is 0.418. The van der Waals surface area contributed by atoms with Crippen molar-refractivity contribution in [2.24, 2.45) is 4.99 Å². The highest BCUT2D eigenvalue weighted by Gasteiger charge is 2.23. The number of aromatic nitrogens is 1. The number of aliphatic imine (C=N–C) groups is 1. The Morgan fingerprint density at radius 1 is 1.18 bits per heavy atom. The van der Waals surface area contributed by atoms with E-state index in [9.17, 15) is 0 Å². The van der Waals surface area contributed by atoms with Gasteiger partial charge in [-0.2, -0.15) is 0 Å². The average molecular weight is 376 g/mol. The molecule has 5 nitrogen and oxygen atoms in total. The summed E-state index contributed by atoms with van der Waals surface area (Å²) in [7, 11) is 1.84. The fraction of sp³-hybridized carbons (Fsp3) is 0.348. The lowest BCUT2D eigenvalue weighted by molar-refractivity contribution is 0.648. The second-order valence-electron chi connectivity index (χ2n) is 7.47. The number of hydrogen-bond acceptors (Lipinski definition) is 2. The molecule has 0 aliphatic carbocycles. The molecule has 2 heterocycles. The molecule has 2 aromatic carbocycles. The van der Waals surface area contributed by atoms with Crippen molar-refractivity contribution < 1.29 is 0 Å². The van der Waals surface area contributed by atoms with Gasteiger partial charge in [0.05, 0.1) is 0 Å². The highest BCUT2D eigenvalue weighted by molar-refractivity contribution is 5.86. The molecule has 146 valence electrons. The Morgan fingerprint density at radius 3 is 2.86 bits per heavy atom. The molecule has 3 aromatic rings. The molecule has 1 atom stereocenters. The van der Waals surface area contributed by atoms with Crippen LogP contribution in [0.15, 0.2) is 59.7 Å². The van der Waals surface area contributed by atoms with Gasteiger partial charge >= 0.3 is 0 Å². The number of fused-ring (bicyclic) bond motifs is 1. The lowest BCUT2D eigenvalue weighted by atomic mass is 10.1. The summed E-state index contributed by atoms with van der Waals surface area (Å²) in [6.45, 7) is 5.11. The quantitative estimate of drug-likeness (QED) is 0.473. The predicted octanol–water partition coefficient (Wildman–Crippen LogP) is 3.46. The van der Waals surface area contributed by atoms with Crippen molar-refractivity contribution in [3.05, 3.63) is 65.9 Å². The normalized spacial score (nSPS) is 17.3. The van der Waals surface area contributed by atoms with Crippen molar-refractivity contribution in [1.82, 2.24) is 15.6 Å². The number of anilines is 1. The van der Waals surface area contributed by atoms with Gasteiger partial charge in [0.25, 0.3) is 0 Å². The Bertz CT molecular complexity index is 944. The van der Waals surface area contributed by atoms with Crippen molar-refractivity contribution in [2.45, 2.75) is 25.8 Å². The van der Waals surface area contributed by atoms with Gasteiger partial charge in [0.2, 0.25) is 0 Å². The van der Waals surface area contributed by atoms with E-state index in [2.05, 4.69) is 87.2 Å². The fourth-order valence-electron chi connectivity index (χ4n) is 4.10. The Hall–Kier alpha value is -2.95. The van der Waals surface area contributed by atoms with Crippen LogP contribution in [0.2, 0.25) is 0 Å². The zero-order valence-corrected chi connectivity index (χ0v) is 16.7. The number of H-pyrrole nitrogens is 1. The van der Waals surface area contributed by atoms with E-state index in [1.165, 1.54) is 27.7 Å². The van der Waals surface area contributed by atoms with Crippen LogP contribution in [0.5, 0.6) is 0 Å². The molecule has 0 spiro atoms. The summed E-state index contributed by atoms with van der Waals surface area (Å²) in [6.07, 6.45) is 4.22. The average Bonchev–Trinajstić information content (AvgIpc) is 3.36. The largest absolute Gasteiger partial charge is 0.369 e. The van der Waals surface area contributed by atoms with E-state index in [1.807, 2.05) is 7.05 Å². The van der Waals surface area contributed by atoms with Crippen LogP contribution in [-0.4, -0.2) is 43.7 Å². The molecule has 1 aliphatic heterocycles. The number of hydrogen-bond donors (Lipinski definition) is 3. The minimum Gasteiger partial charge on any atom is -0.369 e. The fourth-order valence-corrected chi connectivity index (χ4v) is 4.10. The van der Waals surface area contributed by atoms with Gasteiger partial charge in [-0.15, -0.1) is 0 Å². The van der Waals surface area contributed by atoms with Crippen molar-refractivity contribution in [3.63, 3.8) is 0 Å². The summed E-state index contributed by atoms with van der Waals surface area (Å²) < 4.78 is 0. The lowest BCUT2D eigenvalue weighted by Gasteiger charge is -2.20. The summed E-state index contributed by atoms with van der Waals surface area (Å²) >= 11 is 0. The molecule has 5 heteroatoms. The van der Waals surface area contributed by atoms with Crippen LogP contribution in [0.4, 0.5) is 5.69 Å². The topological polar surface area (TPSA) is 55.5 Å². The molecule has 0 amide bonds. The third-order valence-corrected chi connectivity index (χ3v) is 5.56. The van der Waals surface area contributed by atoms with E-state index in [0.717, 1.165) is 38.4 Å². The summed E-state index contributed by atoms with van der Waals surface area (Å²) in [4.78, 5) is 10.2. The van der Waals surface area contributed by atoms with Gasteiger partial charge in [0.1, 0.15) is 0 Å². The van der Waals surface area contributed by atoms with E-state index in [0.29, 0.717) is 6.04 Å². The number of rotatable bonds is 5. The van der Waals surface area contributed by atoms with E-state index in [4.69, 9.17) is 0 Å². The second kappa shape index (κ2) is 8.38. The van der Waals surface area contributed by atoms with Crippen LogP contribution in [-0.2, 0) is 6.42 Å². The monoisotopic (exact) mass is 375 g/mol. The van der Waals surface area contributed by atoms with E-state index in [1.54, 1.807) is 0 Å². The van der Waals surface area contributed by atoms with Crippen molar-refractivity contribution >= 4 is 22.5 Å². The number of para-hydroxylation sites is 1. The number of nitrogens with one attached hydrogen (secondary N) is 3. The van der Waals surface area contributed by atoms with Gasteiger partial charge in [0.15, 0.2) is 5.96 Å². The summed E-state index contributed by atoms with van der Waals surface area (Å²) in [6, 6.07) is 17.5. The first-order chi connectivity index (χ1) is 13.7. The molecule has 0 saturated carbocycles. The van der Waals surface area contributed by atoms with E-state index >= 15 is 0 Å². The first-order valence-electron chi connectivity index (χ1n) is 10.1. The Morgan fingerprint density at radius 2 is 2.04 bits per heavy atom. The third kappa shape index (κ3) is 3.98. The third-order valence-electron chi connectivity index (χ3n) is 5.56. The molecule has 1 unspecified atom stereocenters. The zero-order valence-electron chi connectivity index (χ0n) is 16.7. The summed E-state index contributed by atoms with van der Waals surface area (Å²) in [5, 5.41) is 8.41. The molecule has 1 aromatic heterocycles. The first-order valence-corrected chi connectivity index (χ1v) is 10.1. The predicted molar refractivity (Wildman–Crippen MR) is 118 cm³/mol. The van der Waals surface area contributed by atoms with E-state index in [-0.39, 0.29) is 0 Å². The van der Waals surface area contributed by atoms with Crippen LogP contribution in [0, 0.1) is 6.92 Å². The van der Waals surface area contributed by atoms with Crippen molar-refractivity contribution in [2.75, 3.05) is 31.6 Å². The SMILES string of the molecule is CN=C(NCCc1c[nH]c2cccc(C)c12)NC1CCN(c2ccccc2)C1. The molecule has 28 heavy (non-hydrogen) atoms. The molecule has 0 bridgehead atoms. The molecule has 1 saturated heterocycles. The molecule has 4 rings (SSSR count). The van der Waals surface area contributed by atoms with Gasteiger partial charge in [-0.1, -0.05) is 30.3 Å². The van der Waals surface area contributed by atoms with Crippen LogP contribution < -0.4 is 15.5 Å². The van der Waals surface area contributed by atoms with Gasteiger partial charge in [-0.05, 0) is 49.1 Å². The molecule has 1 fully saturated rings. The van der Waals surface area contributed by atoms with Crippen LogP contribution in [0.3, 0.4) is 0 Å². The van der Waals surface area contributed by atoms with Crippen LogP contribution >= 0.6 is 0 Å². The maximum atomic E-state index is 4.42. The van der Waals surface area contributed by atoms with Crippen molar-refractivity contribution in [1.29, 1.82) is 0 Å². The van der Waals surface area contributed by atoms with Crippen LogP contribution in [0.25, 0.3) is 10.9 Å². The Labute approximate surface area is 166 Å². The van der Waals surface area contributed by atoms with Gasteiger partial charge < -0.3 is 20.5 Å². The van der Waals surface area contributed by atoms with Gasteiger partial charge in [-0.3, -0.25) is 4.99 Å². The van der Waals surface area contributed by atoms with Crippen LogP contribution in [0.1, 0.15) is 17.5 Å². The second-order valence-corrected chi connectivity index (χ2v) is 7.47. The summed E-state index contributed by atoms with van der Waals surface area (Å²) in [5.41, 5.74) is 5.18. The number of nitrogens with zero attached hydrogens (tertiary/aromatic N) is 2. The highest BCUT2D eigenvalue weighted by atomic mass is 15.2. The minimum atomic E-state index is 0.418. The lowest BCUT2D eigenvalue weighted by Crippen LogP contribution is -2.45. The molecule has 3 N–H and O–H groups in total. The number of aryl methyl sites for hydroxylation is 1. The standard InChI is InChI=1S/C23H29N5/c1-17-7-6-10-21-22(17)18(15-26-21)11-13-25-23(24-2)27-19-12-14-28(16-19)20-8-4-3-5-9-20/h3-10,15,19,26H,11-14,16H2,1-2H3,(H2,24,25,27). The zero-order chi connectivity index (χ0) is 19.3. The number of guanidine groups is 1. The molecule has 1 aliphatic rings. The number of aromatic amines is 1. The number of benzene rings is 2. The van der Waals surface area contributed by atoms with Gasteiger partial charge in [-0.25, -0.2) is 0 Å². The first kappa shape index (κ1) is 18.4. The molecule has 0 radical (unpaired) electrons. The maximum absolute atomic E-state index is 4.42. The Kier molecular flexibility index (Phi) is 5.51. The smallest absolute Gasteiger partial charge is 0.191 e. The summed E-state index contributed by atoms with van der Waals surface area (Å²) in [5.74, 6) is 0.886. The van der Waals surface area contributed by atoms with Crippen molar-refractivity contribution in [3.8, 4) is 0 Å².